The van der Waals surface area contributed by atoms with Crippen LogP contribution >= 0.6 is 0 Å². The van der Waals surface area contributed by atoms with Gasteiger partial charge in [0.05, 0.1) is 5.75 Å². The van der Waals surface area contributed by atoms with E-state index < -0.39 is 27.4 Å². The highest BCUT2D eigenvalue weighted by Crippen LogP contribution is 2.31. The van der Waals surface area contributed by atoms with Crippen molar-refractivity contribution in [1.29, 1.82) is 0 Å². The first-order valence-corrected chi connectivity index (χ1v) is 9.56. The van der Waals surface area contributed by atoms with Crippen LogP contribution in [-0.4, -0.2) is 48.2 Å². The van der Waals surface area contributed by atoms with Crippen molar-refractivity contribution in [3.8, 4) is 5.75 Å². The molecule has 134 valence electrons. The van der Waals surface area contributed by atoms with Crippen molar-refractivity contribution in [1.82, 2.24) is 4.31 Å². The highest BCUT2D eigenvalue weighted by atomic mass is 32.2. The Morgan fingerprint density at radius 3 is 2.50 bits per heavy atom. The molecule has 0 spiro atoms. The summed E-state index contributed by atoms with van der Waals surface area (Å²) in [5.41, 5.74) is -1.61. The van der Waals surface area contributed by atoms with E-state index in [9.17, 15) is 22.7 Å². The van der Waals surface area contributed by atoms with E-state index in [1.807, 2.05) is 6.92 Å². The molecule has 1 N–H and O–H groups in total. The lowest BCUT2D eigenvalue weighted by molar-refractivity contribution is -0.159. The molecule has 1 aliphatic heterocycles. The van der Waals surface area contributed by atoms with Gasteiger partial charge in [-0.3, -0.25) is 0 Å². The second-order valence-electron chi connectivity index (χ2n) is 5.90. The number of nitrogens with zero attached hydrogens (tertiary/aromatic N) is 1. The molecule has 0 atom stereocenters. The number of benzene rings is 1. The summed E-state index contributed by atoms with van der Waals surface area (Å²) in [6.45, 7) is 2.00. The molecular weight excluding hydrogens is 337 g/mol. The van der Waals surface area contributed by atoms with Crippen LogP contribution < -0.4 is 4.74 Å². The molecule has 0 bridgehead atoms. The van der Waals surface area contributed by atoms with Crippen molar-refractivity contribution in [2.75, 3.05) is 18.8 Å². The molecule has 2 rings (SSSR count). The second-order valence-corrected chi connectivity index (χ2v) is 7.99. The van der Waals surface area contributed by atoms with Gasteiger partial charge < -0.3 is 9.84 Å². The number of rotatable bonds is 7. The first kappa shape index (κ1) is 18.7. The van der Waals surface area contributed by atoms with Gasteiger partial charge in [0.1, 0.15) is 0 Å². The fourth-order valence-electron chi connectivity index (χ4n) is 2.68. The lowest BCUT2D eigenvalue weighted by atomic mass is 9.92. The third-order valence-corrected chi connectivity index (χ3v) is 6.17. The van der Waals surface area contributed by atoms with Crippen molar-refractivity contribution >= 4 is 16.0 Å². The number of sulfonamides is 1. The van der Waals surface area contributed by atoms with E-state index in [1.165, 1.54) is 22.5 Å². The SMILES string of the molecule is CCCCS(=O)(=O)N1CCC(Oc2ccccc2F)(C(=O)O)CC1. The number of carboxylic acid groups (broad SMARTS) is 1. The number of hydrogen-bond donors (Lipinski definition) is 1. The van der Waals surface area contributed by atoms with Gasteiger partial charge in [-0.2, -0.15) is 0 Å². The molecule has 0 radical (unpaired) electrons. The van der Waals surface area contributed by atoms with Gasteiger partial charge in [-0.1, -0.05) is 25.5 Å². The van der Waals surface area contributed by atoms with E-state index in [1.54, 1.807) is 6.07 Å². The third kappa shape index (κ3) is 4.05. The molecule has 0 aliphatic carbocycles. The Balaban J connectivity index is 2.12. The molecule has 0 amide bonds. The zero-order valence-electron chi connectivity index (χ0n) is 13.6. The first-order chi connectivity index (χ1) is 11.3. The summed E-state index contributed by atoms with van der Waals surface area (Å²) in [5.74, 6) is -1.94. The number of aliphatic carboxylic acids is 1. The van der Waals surface area contributed by atoms with Crippen LogP contribution in [0.2, 0.25) is 0 Å². The monoisotopic (exact) mass is 359 g/mol. The minimum absolute atomic E-state index is 0.0258. The summed E-state index contributed by atoms with van der Waals surface area (Å²) in [6.07, 6.45) is 1.28. The Bertz CT molecular complexity index is 683. The highest BCUT2D eigenvalue weighted by molar-refractivity contribution is 7.89. The minimum atomic E-state index is -3.39. The second kappa shape index (κ2) is 7.48. The summed E-state index contributed by atoms with van der Waals surface area (Å²) in [6, 6.07) is 5.59. The van der Waals surface area contributed by atoms with E-state index >= 15 is 0 Å². The molecule has 1 aliphatic rings. The van der Waals surface area contributed by atoms with Crippen LogP contribution in [0.25, 0.3) is 0 Å². The Labute approximate surface area is 141 Å². The normalized spacial score (nSPS) is 18.2. The average molecular weight is 359 g/mol. The van der Waals surface area contributed by atoms with Crippen molar-refractivity contribution in [3.63, 3.8) is 0 Å². The fraction of sp³-hybridized carbons (Fsp3) is 0.562. The maximum absolute atomic E-state index is 13.8. The van der Waals surface area contributed by atoms with E-state index in [2.05, 4.69) is 0 Å². The standard InChI is InChI=1S/C16H22FNO5S/c1-2-3-12-24(21,22)18-10-8-16(9-11-18,15(19)20)23-14-7-5-4-6-13(14)17/h4-7H,2-3,8-12H2,1H3,(H,19,20). The smallest absolute Gasteiger partial charge is 0.348 e. The number of halogens is 1. The molecule has 0 saturated carbocycles. The summed E-state index contributed by atoms with van der Waals surface area (Å²) >= 11 is 0. The predicted molar refractivity (Wildman–Crippen MR) is 86.9 cm³/mol. The van der Waals surface area contributed by atoms with E-state index in [0.717, 1.165) is 6.42 Å². The van der Waals surface area contributed by atoms with Crippen LogP contribution in [-0.2, 0) is 14.8 Å². The molecule has 0 aromatic heterocycles. The van der Waals surface area contributed by atoms with Gasteiger partial charge in [0.25, 0.3) is 0 Å². The number of piperidine rings is 1. The molecule has 6 nitrogen and oxygen atoms in total. The van der Waals surface area contributed by atoms with Crippen LogP contribution in [0.3, 0.4) is 0 Å². The van der Waals surface area contributed by atoms with Gasteiger partial charge in [0.15, 0.2) is 11.6 Å². The molecule has 8 heteroatoms. The molecule has 1 aromatic rings. The summed E-state index contributed by atoms with van der Waals surface area (Å²) in [5, 5.41) is 9.56. The highest BCUT2D eigenvalue weighted by Gasteiger charge is 2.46. The van der Waals surface area contributed by atoms with Gasteiger partial charge in [-0.05, 0) is 18.6 Å². The third-order valence-electron chi connectivity index (χ3n) is 4.21. The Hall–Kier alpha value is -1.67. The number of unbranched alkanes of at least 4 members (excludes halogenated alkanes) is 1. The fourth-order valence-corrected chi connectivity index (χ4v) is 4.33. The lowest BCUT2D eigenvalue weighted by Crippen LogP contribution is -2.54. The van der Waals surface area contributed by atoms with Crippen molar-refractivity contribution in [2.45, 2.75) is 38.2 Å². The predicted octanol–water partition coefficient (Wildman–Crippen LogP) is 2.25. The van der Waals surface area contributed by atoms with Crippen LogP contribution in [0.1, 0.15) is 32.6 Å². The zero-order valence-corrected chi connectivity index (χ0v) is 14.4. The van der Waals surface area contributed by atoms with E-state index in [0.29, 0.717) is 6.42 Å². The maximum Gasteiger partial charge on any atom is 0.348 e. The van der Waals surface area contributed by atoms with Crippen LogP contribution in [0.4, 0.5) is 4.39 Å². The van der Waals surface area contributed by atoms with Crippen molar-refractivity contribution in [3.05, 3.63) is 30.1 Å². The summed E-state index contributed by atoms with van der Waals surface area (Å²) < 4.78 is 45.0. The maximum atomic E-state index is 13.8. The number of carbonyl (C=O) groups is 1. The van der Waals surface area contributed by atoms with Gasteiger partial charge in [0.2, 0.25) is 15.6 Å². The molecule has 1 heterocycles. The van der Waals surface area contributed by atoms with Gasteiger partial charge in [-0.25, -0.2) is 21.9 Å². The summed E-state index contributed by atoms with van der Waals surface area (Å²) in [7, 11) is -3.39. The van der Waals surface area contributed by atoms with Gasteiger partial charge in [0, 0.05) is 25.9 Å². The zero-order chi connectivity index (χ0) is 17.8. The number of para-hydroxylation sites is 1. The lowest BCUT2D eigenvalue weighted by Gasteiger charge is -2.38. The molecule has 0 unspecified atom stereocenters. The summed E-state index contributed by atoms with van der Waals surface area (Å²) in [4.78, 5) is 11.7. The molecule has 1 fully saturated rings. The number of hydrogen-bond acceptors (Lipinski definition) is 4. The van der Waals surface area contributed by atoms with Crippen molar-refractivity contribution < 1.29 is 27.4 Å². The Morgan fingerprint density at radius 2 is 1.96 bits per heavy atom. The molecule has 1 aromatic carbocycles. The quantitative estimate of drug-likeness (QED) is 0.807. The first-order valence-electron chi connectivity index (χ1n) is 7.95. The van der Waals surface area contributed by atoms with Gasteiger partial charge >= 0.3 is 5.97 Å². The van der Waals surface area contributed by atoms with Crippen LogP contribution in [0, 0.1) is 5.82 Å². The van der Waals surface area contributed by atoms with Crippen LogP contribution in [0.15, 0.2) is 24.3 Å². The van der Waals surface area contributed by atoms with E-state index in [4.69, 9.17) is 4.74 Å². The number of carboxylic acids is 1. The van der Waals surface area contributed by atoms with Crippen molar-refractivity contribution in [2.24, 2.45) is 0 Å². The Morgan fingerprint density at radius 1 is 1.33 bits per heavy atom. The van der Waals surface area contributed by atoms with Gasteiger partial charge in [-0.15, -0.1) is 0 Å². The topological polar surface area (TPSA) is 83.9 Å². The molecular formula is C16H22FNO5S. The molecule has 24 heavy (non-hydrogen) atoms. The minimum Gasteiger partial charge on any atom is -0.478 e. The largest absolute Gasteiger partial charge is 0.478 e. The van der Waals surface area contributed by atoms with E-state index in [-0.39, 0.29) is 37.4 Å². The molecule has 1 saturated heterocycles. The average Bonchev–Trinajstić information content (AvgIpc) is 2.55. The number of ether oxygens (including phenoxy) is 1. The van der Waals surface area contributed by atoms with Crippen LogP contribution in [0.5, 0.6) is 5.75 Å². The Kier molecular flexibility index (Phi) is 5.82.